The maximum Gasteiger partial charge on any atom is 0.573 e. The quantitative estimate of drug-likeness (QED) is 0.426. The molecule has 2 heterocycles. The van der Waals surface area contributed by atoms with Crippen LogP contribution in [-0.2, 0) is 15.1 Å². The summed E-state index contributed by atoms with van der Waals surface area (Å²) in [5.41, 5.74) is 2.93. The molecule has 2 unspecified atom stereocenters. The van der Waals surface area contributed by atoms with Crippen LogP contribution in [0.5, 0.6) is 5.75 Å². The van der Waals surface area contributed by atoms with Gasteiger partial charge in [-0.15, -0.1) is 13.2 Å². The molecule has 2 fully saturated rings. The van der Waals surface area contributed by atoms with Gasteiger partial charge in [0.2, 0.25) is 0 Å². The summed E-state index contributed by atoms with van der Waals surface area (Å²) in [5.74, 6) is -2.33. The zero-order valence-corrected chi connectivity index (χ0v) is 20.7. The molecule has 0 radical (unpaired) electrons. The molecular formula is C29H25F4NO5. The molecule has 39 heavy (non-hydrogen) atoms. The van der Waals surface area contributed by atoms with E-state index in [1.807, 2.05) is 48.5 Å². The largest absolute Gasteiger partial charge is 0.573 e. The molecule has 3 aliphatic rings. The smallest absolute Gasteiger partial charge is 0.448 e. The maximum absolute atomic E-state index is 14.4. The van der Waals surface area contributed by atoms with Crippen molar-refractivity contribution in [1.82, 2.24) is 4.90 Å². The first kappa shape index (κ1) is 25.6. The Hall–Kier alpha value is -3.63. The van der Waals surface area contributed by atoms with Crippen molar-refractivity contribution in [2.75, 3.05) is 19.8 Å². The van der Waals surface area contributed by atoms with Crippen LogP contribution in [0.3, 0.4) is 0 Å². The molecule has 6 nitrogen and oxygen atoms in total. The molecule has 1 amide bonds. The van der Waals surface area contributed by atoms with E-state index in [1.54, 1.807) is 4.90 Å². The van der Waals surface area contributed by atoms with Gasteiger partial charge in [-0.05, 0) is 39.9 Å². The fraction of sp³-hybridized carbons (Fsp3) is 0.345. The fourth-order valence-electron chi connectivity index (χ4n) is 6.18. The summed E-state index contributed by atoms with van der Waals surface area (Å²) >= 11 is 0. The summed E-state index contributed by atoms with van der Waals surface area (Å²) in [6.07, 6.45) is -5.56. The number of morpholine rings is 1. The van der Waals surface area contributed by atoms with E-state index < -0.39 is 41.7 Å². The molecule has 2 atom stereocenters. The Morgan fingerprint density at radius 2 is 1.56 bits per heavy atom. The highest BCUT2D eigenvalue weighted by Gasteiger charge is 2.50. The number of amides is 1. The highest BCUT2D eigenvalue weighted by molar-refractivity contribution is 5.79. The van der Waals surface area contributed by atoms with Crippen LogP contribution in [0.4, 0.5) is 22.4 Å². The zero-order valence-electron chi connectivity index (χ0n) is 20.7. The lowest BCUT2D eigenvalue weighted by molar-refractivity contribution is -0.275. The second kappa shape index (κ2) is 9.53. The Balaban J connectivity index is 1.18. The Morgan fingerprint density at radius 1 is 0.974 bits per heavy atom. The van der Waals surface area contributed by atoms with Gasteiger partial charge in [0, 0.05) is 18.8 Å². The van der Waals surface area contributed by atoms with E-state index in [-0.39, 0.29) is 44.1 Å². The minimum Gasteiger partial charge on any atom is -0.448 e. The van der Waals surface area contributed by atoms with Crippen LogP contribution < -0.4 is 4.74 Å². The number of hydrogen-bond donors (Lipinski definition) is 1. The van der Waals surface area contributed by atoms with Crippen LogP contribution >= 0.6 is 0 Å². The van der Waals surface area contributed by atoms with Crippen LogP contribution in [0.2, 0.25) is 0 Å². The molecule has 0 aromatic heterocycles. The number of carbonyl (C=O) groups is 1. The van der Waals surface area contributed by atoms with Crippen molar-refractivity contribution in [2.45, 2.75) is 42.8 Å². The Kier molecular flexibility index (Phi) is 6.27. The van der Waals surface area contributed by atoms with Gasteiger partial charge in [0.1, 0.15) is 6.61 Å². The molecule has 0 spiro atoms. The predicted octanol–water partition coefficient (Wildman–Crippen LogP) is 5.72. The SMILES string of the molecule is O=C(OCC1c2ccccc2-c2ccccc21)N1C2COCC1CC(O)(c1ccc(OC(F)(F)F)c(F)c1)C2. The van der Waals surface area contributed by atoms with E-state index in [2.05, 4.69) is 4.74 Å². The maximum atomic E-state index is 14.4. The summed E-state index contributed by atoms with van der Waals surface area (Å²) in [6, 6.07) is 17.8. The van der Waals surface area contributed by atoms with Crippen molar-refractivity contribution in [3.8, 4) is 16.9 Å². The molecule has 1 aliphatic carbocycles. The number of hydrogen-bond acceptors (Lipinski definition) is 5. The summed E-state index contributed by atoms with van der Waals surface area (Å²) in [5, 5.41) is 11.5. The predicted molar refractivity (Wildman–Crippen MR) is 132 cm³/mol. The highest BCUT2D eigenvalue weighted by Crippen LogP contribution is 2.45. The number of fused-ring (bicyclic) bond motifs is 5. The van der Waals surface area contributed by atoms with Gasteiger partial charge in [-0.3, -0.25) is 4.90 Å². The van der Waals surface area contributed by atoms with Crippen molar-refractivity contribution < 1.29 is 41.7 Å². The molecule has 3 aromatic rings. The first-order valence-corrected chi connectivity index (χ1v) is 12.6. The Morgan fingerprint density at radius 3 is 2.13 bits per heavy atom. The summed E-state index contributed by atoms with van der Waals surface area (Å²) in [7, 11) is 0. The van der Waals surface area contributed by atoms with E-state index in [0.29, 0.717) is 0 Å². The lowest BCUT2D eigenvalue weighted by Crippen LogP contribution is -2.62. The standard InChI is InChI=1S/C29H25F4NO5/c30-25-11-17(9-10-26(25)39-29(31,32)33)28(36)12-18-14-37-15-19(13-28)34(18)27(35)38-16-24-22-7-3-1-5-20(22)21-6-2-4-8-23(21)24/h1-11,18-19,24,36H,12-16H2. The molecule has 6 rings (SSSR count). The highest BCUT2D eigenvalue weighted by atomic mass is 19.4. The fourth-order valence-corrected chi connectivity index (χ4v) is 6.18. The van der Waals surface area contributed by atoms with E-state index >= 15 is 0 Å². The van der Waals surface area contributed by atoms with Gasteiger partial charge in [-0.25, -0.2) is 9.18 Å². The number of rotatable bonds is 4. The van der Waals surface area contributed by atoms with Gasteiger partial charge in [-0.1, -0.05) is 54.6 Å². The van der Waals surface area contributed by atoms with Crippen LogP contribution in [0.25, 0.3) is 11.1 Å². The van der Waals surface area contributed by atoms with Crippen molar-refractivity contribution in [2.24, 2.45) is 0 Å². The van der Waals surface area contributed by atoms with Crippen LogP contribution in [0.15, 0.2) is 66.7 Å². The van der Waals surface area contributed by atoms with Crippen LogP contribution in [-0.4, -0.2) is 54.4 Å². The molecule has 2 aliphatic heterocycles. The average molecular weight is 544 g/mol. The lowest BCUT2D eigenvalue weighted by Gasteiger charge is -2.51. The lowest BCUT2D eigenvalue weighted by atomic mass is 9.77. The molecule has 2 saturated heterocycles. The summed E-state index contributed by atoms with van der Waals surface area (Å²) in [6.45, 7) is 0.418. The van der Waals surface area contributed by atoms with Crippen molar-refractivity contribution in [1.29, 1.82) is 0 Å². The molecule has 204 valence electrons. The third-order valence-electron chi connectivity index (χ3n) is 7.80. The first-order chi connectivity index (χ1) is 18.6. The topological polar surface area (TPSA) is 68.2 Å². The molecule has 1 N–H and O–H groups in total. The van der Waals surface area contributed by atoms with Crippen molar-refractivity contribution in [3.63, 3.8) is 0 Å². The van der Waals surface area contributed by atoms with Crippen LogP contribution in [0, 0.1) is 5.82 Å². The second-order valence-electron chi connectivity index (χ2n) is 10.2. The van der Waals surface area contributed by atoms with E-state index in [0.717, 1.165) is 34.4 Å². The van der Waals surface area contributed by atoms with Gasteiger partial charge < -0.3 is 19.3 Å². The van der Waals surface area contributed by atoms with Gasteiger partial charge in [0.25, 0.3) is 0 Å². The number of aliphatic hydroxyl groups is 1. The number of halogens is 4. The second-order valence-corrected chi connectivity index (χ2v) is 10.2. The Bertz CT molecular complexity index is 1350. The first-order valence-electron chi connectivity index (χ1n) is 12.6. The molecule has 10 heteroatoms. The van der Waals surface area contributed by atoms with E-state index in [4.69, 9.17) is 9.47 Å². The summed E-state index contributed by atoms with van der Waals surface area (Å²) in [4.78, 5) is 14.9. The monoisotopic (exact) mass is 543 g/mol. The van der Waals surface area contributed by atoms with E-state index in [9.17, 15) is 27.5 Å². The minimum absolute atomic E-state index is 0.00656. The summed E-state index contributed by atoms with van der Waals surface area (Å²) < 4.78 is 67.2. The molecule has 2 bridgehead atoms. The van der Waals surface area contributed by atoms with Gasteiger partial charge in [-0.2, -0.15) is 0 Å². The minimum atomic E-state index is -5.04. The normalized spacial score (nSPS) is 24.2. The molecule has 3 aromatic carbocycles. The Labute approximate surface area is 221 Å². The van der Waals surface area contributed by atoms with Crippen LogP contribution in [0.1, 0.15) is 35.4 Å². The third-order valence-corrected chi connectivity index (χ3v) is 7.80. The van der Waals surface area contributed by atoms with Gasteiger partial charge in [0.15, 0.2) is 11.6 Å². The van der Waals surface area contributed by atoms with E-state index in [1.165, 1.54) is 6.07 Å². The number of ether oxygens (including phenoxy) is 3. The van der Waals surface area contributed by atoms with Gasteiger partial charge >= 0.3 is 12.5 Å². The molecular weight excluding hydrogens is 518 g/mol. The van der Waals surface area contributed by atoms with Crippen molar-refractivity contribution in [3.05, 3.63) is 89.2 Å². The third kappa shape index (κ3) is 4.72. The number of alkyl halides is 3. The van der Waals surface area contributed by atoms with Crippen molar-refractivity contribution >= 4 is 6.09 Å². The zero-order chi connectivity index (χ0) is 27.4. The van der Waals surface area contributed by atoms with Gasteiger partial charge in [0.05, 0.1) is 30.9 Å². The number of benzene rings is 3. The number of piperidine rings is 1. The molecule has 0 saturated carbocycles. The number of carbonyl (C=O) groups excluding carboxylic acids is 1. The number of nitrogens with zero attached hydrogens (tertiary/aromatic N) is 1. The average Bonchev–Trinajstić information content (AvgIpc) is 3.21.